The normalized spacial score (nSPS) is 51.8. The van der Waals surface area contributed by atoms with Crippen LogP contribution in [0.2, 0.25) is 0 Å². The maximum Gasteiger partial charge on any atom is 0.312 e. The van der Waals surface area contributed by atoms with Crippen LogP contribution < -0.4 is 0 Å². The minimum atomic E-state index is -1.04. The van der Waals surface area contributed by atoms with E-state index in [0.29, 0.717) is 23.7 Å². The van der Waals surface area contributed by atoms with Crippen LogP contribution in [0, 0.1) is 50.7 Å². The van der Waals surface area contributed by atoms with E-state index in [9.17, 15) is 15.0 Å². The van der Waals surface area contributed by atoms with Crippen LogP contribution in [-0.4, -0.2) is 22.3 Å². The van der Waals surface area contributed by atoms with Gasteiger partial charge in [0.25, 0.3) is 0 Å². The van der Waals surface area contributed by atoms with Crippen LogP contribution in [0.3, 0.4) is 0 Å². The van der Waals surface area contributed by atoms with Crippen LogP contribution in [0.5, 0.6) is 0 Å². The third-order valence-corrected chi connectivity index (χ3v) is 12.5. The molecule has 1 unspecified atom stereocenters. The predicted octanol–water partition coefficient (Wildman–Crippen LogP) is 7.73. The molecule has 0 aliphatic heterocycles. The van der Waals surface area contributed by atoms with Crippen molar-refractivity contribution in [3.05, 3.63) is 11.6 Å². The highest BCUT2D eigenvalue weighted by atomic mass is 16.4. The van der Waals surface area contributed by atoms with Crippen LogP contribution >= 0.6 is 0 Å². The summed E-state index contributed by atoms with van der Waals surface area (Å²) in [6, 6.07) is 0. The fraction of sp³-hybridized carbons (Fsp3) is 0.900. The van der Waals surface area contributed by atoms with E-state index >= 15 is 0 Å². The third kappa shape index (κ3) is 3.34. The molecule has 0 spiro atoms. The van der Waals surface area contributed by atoms with Gasteiger partial charge in [0, 0.05) is 1.43 Å². The Balaban J connectivity index is 0.00000324. The highest BCUT2D eigenvalue weighted by Gasteiger charge is 2.68. The lowest BCUT2D eigenvalue weighted by molar-refractivity contribution is -0.212. The Morgan fingerprint density at radius 1 is 1.03 bits per heavy atom. The molecule has 9 atom stereocenters. The molecule has 0 aromatic rings. The molecule has 0 bridgehead atoms. The van der Waals surface area contributed by atoms with Gasteiger partial charge in [-0.15, -0.1) is 0 Å². The van der Waals surface area contributed by atoms with Crippen LogP contribution in [-0.2, 0) is 4.79 Å². The Morgan fingerprint density at radius 2 is 1.70 bits per heavy atom. The predicted molar refractivity (Wildman–Crippen MR) is 137 cm³/mol. The molecule has 0 aromatic carbocycles. The highest BCUT2D eigenvalue weighted by Crippen LogP contribution is 2.73. The number of carbonyl (C=O) groups is 1. The van der Waals surface area contributed by atoms with Crippen LogP contribution in [0.15, 0.2) is 11.6 Å². The summed E-state index contributed by atoms with van der Waals surface area (Å²) in [7, 11) is 0. The van der Waals surface area contributed by atoms with Crippen molar-refractivity contribution in [2.24, 2.45) is 50.7 Å². The molecule has 4 rings (SSSR count). The van der Waals surface area contributed by atoms with E-state index in [-0.39, 0.29) is 23.6 Å². The second kappa shape index (κ2) is 7.84. The maximum absolute atomic E-state index is 12.5. The lowest BCUT2D eigenvalue weighted by Crippen LogP contribution is -2.65. The SMILES string of the molecule is CC[C@]1(C)C([C@@H]2CC(C)(C)CC[C@H]2C)=CC[C@@H]2[C@@]3(C)CC[C@@H](O)[C@](C)(C(=O)O)C3CC[C@]21C.[HH]. The fourth-order valence-corrected chi connectivity index (χ4v) is 9.82. The first-order chi connectivity index (χ1) is 15.2. The molecule has 3 saturated carbocycles. The number of aliphatic hydroxyl groups excluding tert-OH is 1. The van der Waals surface area contributed by atoms with Crippen molar-refractivity contribution < 1.29 is 16.4 Å². The summed E-state index contributed by atoms with van der Waals surface area (Å²) in [5.41, 5.74) is 1.36. The smallest absolute Gasteiger partial charge is 0.312 e. The van der Waals surface area contributed by atoms with Gasteiger partial charge in [0.2, 0.25) is 0 Å². The first-order valence-corrected chi connectivity index (χ1v) is 13.8. The van der Waals surface area contributed by atoms with Crippen molar-refractivity contribution in [1.82, 2.24) is 0 Å². The summed E-state index contributed by atoms with van der Waals surface area (Å²) >= 11 is 0. The number of aliphatic hydroxyl groups is 1. The van der Waals surface area contributed by atoms with Crippen LogP contribution in [0.25, 0.3) is 0 Å². The lowest BCUT2D eigenvalue weighted by atomic mass is 9.35. The second-order valence-electron chi connectivity index (χ2n) is 14.3. The quantitative estimate of drug-likeness (QED) is 0.424. The first-order valence-electron chi connectivity index (χ1n) is 13.8. The summed E-state index contributed by atoms with van der Waals surface area (Å²) in [6.07, 6.45) is 11.6. The molecule has 4 aliphatic rings. The number of fused-ring (bicyclic) bond motifs is 3. The van der Waals surface area contributed by atoms with E-state index < -0.39 is 17.5 Å². The topological polar surface area (TPSA) is 57.5 Å². The molecule has 33 heavy (non-hydrogen) atoms. The van der Waals surface area contributed by atoms with Gasteiger partial charge in [-0.1, -0.05) is 60.1 Å². The Bertz CT molecular complexity index is 835. The van der Waals surface area contributed by atoms with Crippen molar-refractivity contribution in [1.29, 1.82) is 0 Å². The van der Waals surface area contributed by atoms with Gasteiger partial charge >= 0.3 is 5.97 Å². The minimum absolute atomic E-state index is 0. The average Bonchev–Trinajstić information content (AvgIpc) is 2.74. The molecule has 2 N–H and O–H groups in total. The number of rotatable bonds is 3. The summed E-state index contributed by atoms with van der Waals surface area (Å²) in [4.78, 5) is 12.5. The van der Waals surface area contributed by atoms with Crippen molar-refractivity contribution in [3.8, 4) is 0 Å². The van der Waals surface area contributed by atoms with Gasteiger partial charge in [0.1, 0.15) is 0 Å². The largest absolute Gasteiger partial charge is 0.481 e. The van der Waals surface area contributed by atoms with E-state index in [4.69, 9.17) is 0 Å². The minimum Gasteiger partial charge on any atom is -0.481 e. The van der Waals surface area contributed by atoms with Gasteiger partial charge in [-0.05, 0) is 110 Å². The molecule has 0 radical (unpaired) electrons. The van der Waals surface area contributed by atoms with Gasteiger partial charge in [-0.2, -0.15) is 0 Å². The summed E-state index contributed by atoms with van der Waals surface area (Å²) in [6.45, 7) is 19.1. The van der Waals surface area contributed by atoms with E-state index in [0.717, 1.165) is 38.0 Å². The molecule has 3 nitrogen and oxygen atoms in total. The number of allylic oxidation sites excluding steroid dienone is 2. The zero-order chi connectivity index (χ0) is 24.6. The van der Waals surface area contributed by atoms with E-state index in [1.54, 1.807) is 5.57 Å². The molecule has 4 aliphatic carbocycles. The third-order valence-electron chi connectivity index (χ3n) is 12.5. The van der Waals surface area contributed by atoms with Gasteiger partial charge < -0.3 is 10.2 Å². The number of carboxylic acids is 1. The zero-order valence-corrected chi connectivity index (χ0v) is 22.6. The molecule has 0 heterocycles. The van der Waals surface area contributed by atoms with Gasteiger partial charge in [-0.25, -0.2) is 0 Å². The van der Waals surface area contributed by atoms with Gasteiger partial charge in [-0.3, -0.25) is 4.79 Å². The Hall–Kier alpha value is -0.830. The molecular weight excluding hydrogens is 408 g/mol. The molecule has 3 heteroatoms. The number of hydrogen-bond acceptors (Lipinski definition) is 2. The van der Waals surface area contributed by atoms with Crippen molar-refractivity contribution in [3.63, 3.8) is 0 Å². The first kappa shape index (κ1) is 25.3. The number of carboxylic acid groups (broad SMARTS) is 1. The molecule has 0 amide bonds. The standard InChI is InChI=1S/C30H50O3.H2/c1-9-28(6)21(20-18-26(3,4)15-12-19(20)2)10-11-22-27(5)16-14-24(31)30(8,25(32)33)23(27)13-17-29(22,28)7;/h10,19-20,22-24,31H,9,11-18H2,1-8H3,(H,32,33);1H/t19-,20-,22-,23?,24-,27-,28-,29-,30-;/m1./s1. The average molecular weight is 461 g/mol. The van der Waals surface area contributed by atoms with Crippen LogP contribution in [0.1, 0.15) is 115 Å². The lowest BCUT2D eigenvalue weighted by Gasteiger charge is -2.69. The van der Waals surface area contributed by atoms with Crippen molar-refractivity contribution in [2.75, 3.05) is 0 Å². The molecule has 0 aromatic heterocycles. The highest BCUT2D eigenvalue weighted by molar-refractivity contribution is 5.76. The van der Waals surface area contributed by atoms with E-state index in [1.807, 2.05) is 6.92 Å². The van der Waals surface area contributed by atoms with Gasteiger partial charge in [0.05, 0.1) is 11.5 Å². The van der Waals surface area contributed by atoms with Gasteiger partial charge in [0.15, 0.2) is 0 Å². The Morgan fingerprint density at radius 3 is 2.30 bits per heavy atom. The van der Waals surface area contributed by atoms with E-state index in [2.05, 4.69) is 54.5 Å². The number of hydrogen-bond donors (Lipinski definition) is 2. The second-order valence-corrected chi connectivity index (χ2v) is 14.3. The molecule has 0 saturated heterocycles. The number of aliphatic carboxylic acids is 1. The summed E-state index contributed by atoms with van der Waals surface area (Å²) < 4.78 is 0. The fourth-order valence-electron chi connectivity index (χ4n) is 9.82. The van der Waals surface area contributed by atoms with Crippen molar-refractivity contribution >= 4 is 5.97 Å². The zero-order valence-electron chi connectivity index (χ0n) is 22.6. The maximum atomic E-state index is 12.5. The summed E-state index contributed by atoms with van der Waals surface area (Å²) in [5.74, 6) is 1.10. The van der Waals surface area contributed by atoms with E-state index in [1.165, 1.54) is 19.3 Å². The Labute approximate surface area is 204 Å². The summed E-state index contributed by atoms with van der Waals surface area (Å²) in [5, 5.41) is 21.1. The molecule has 190 valence electrons. The molecule has 3 fully saturated rings. The van der Waals surface area contributed by atoms with Crippen LogP contribution in [0.4, 0.5) is 0 Å². The monoisotopic (exact) mass is 460 g/mol. The van der Waals surface area contributed by atoms with Crippen molar-refractivity contribution in [2.45, 2.75) is 119 Å². The molecular formula is C30H52O3. The Kier molecular flexibility index (Phi) is 6.00.